The van der Waals surface area contributed by atoms with Crippen LogP contribution in [0.1, 0.15) is 48.2 Å². The molecule has 5 rings (SSSR count). The molecule has 0 saturated heterocycles. The van der Waals surface area contributed by atoms with E-state index in [1.807, 2.05) is 105 Å². The average molecular weight is 590 g/mol. The summed E-state index contributed by atoms with van der Waals surface area (Å²) in [4.78, 5) is 20.8. The molecule has 2 atom stereocenters. The van der Waals surface area contributed by atoms with Gasteiger partial charge in [-0.15, -0.1) is 0 Å². The third-order valence-corrected chi connectivity index (χ3v) is 7.19. The van der Waals surface area contributed by atoms with Crippen LogP contribution in [-0.4, -0.2) is 30.0 Å². The van der Waals surface area contributed by atoms with E-state index in [0.717, 1.165) is 16.7 Å². The number of carbonyl (C=O) groups excluding carboxylic acids is 1. The first-order valence-corrected chi connectivity index (χ1v) is 14.0. The van der Waals surface area contributed by atoms with Gasteiger partial charge >= 0.3 is 6.09 Å². The Hall–Kier alpha value is -4.00. The van der Waals surface area contributed by atoms with E-state index in [1.165, 1.54) is 0 Å². The van der Waals surface area contributed by atoms with Crippen molar-refractivity contribution in [2.45, 2.75) is 38.6 Å². The standard InChI is InChI=1S/C33H30Cl2N2O4/c1-21(2)41-29-19-27(39-3)17-18-28(29)32-36-30(23-9-13-25(34)14-10-23)31(24-11-15-26(35)16-12-24)37(32)33(38)40-20-22-7-5-4-6-8-22/h4-19,21,30-31H,20H2,1-3H3. The average Bonchev–Trinajstić information content (AvgIpc) is 3.37. The smallest absolute Gasteiger partial charge is 0.416 e. The van der Waals surface area contributed by atoms with Crippen LogP contribution in [0.15, 0.2) is 102 Å². The second-order valence-corrected chi connectivity index (χ2v) is 10.8. The van der Waals surface area contributed by atoms with Gasteiger partial charge in [0.15, 0.2) is 0 Å². The normalized spacial score (nSPS) is 16.4. The second-order valence-electron chi connectivity index (χ2n) is 9.88. The fraction of sp³-hybridized carbons (Fsp3) is 0.212. The summed E-state index contributed by atoms with van der Waals surface area (Å²) < 4.78 is 17.6. The number of hydrogen-bond donors (Lipinski definition) is 0. The lowest BCUT2D eigenvalue weighted by molar-refractivity contribution is 0.106. The highest BCUT2D eigenvalue weighted by molar-refractivity contribution is 6.30. The first kappa shape index (κ1) is 28.5. The Morgan fingerprint density at radius 1 is 0.878 bits per heavy atom. The lowest BCUT2D eigenvalue weighted by Crippen LogP contribution is -2.38. The third-order valence-electron chi connectivity index (χ3n) is 6.68. The maximum absolute atomic E-state index is 14.1. The van der Waals surface area contributed by atoms with Gasteiger partial charge in [-0.2, -0.15) is 0 Å². The van der Waals surface area contributed by atoms with E-state index in [0.29, 0.717) is 32.9 Å². The molecule has 0 spiro atoms. The Morgan fingerprint density at radius 2 is 1.51 bits per heavy atom. The number of nitrogens with zero attached hydrogens (tertiary/aromatic N) is 2. The molecule has 0 aliphatic carbocycles. The summed E-state index contributed by atoms with van der Waals surface area (Å²) in [6.07, 6.45) is -0.657. The van der Waals surface area contributed by atoms with Gasteiger partial charge < -0.3 is 14.2 Å². The van der Waals surface area contributed by atoms with Crippen LogP contribution in [0, 0.1) is 0 Å². The highest BCUT2D eigenvalue weighted by Crippen LogP contribution is 2.45. The fourth-order valence-corrected chi connectivity index (χ4v) is 5.05. The fourth-order valence-electron chi connectivity index (χ4n) is 4.80. The molecule has 8 heteroatoms. The molecule has 1 amide bonds. The predicted octanol–water partition coefficient (Wildman–Crippen LogP) is 8.67. The van der Waals surface area contributed by atoms with Crippen LogP contribution in [0.2, 0.25) is 10.0 Å². The van der Waals surface area contributed by atoms with Gasteiger partial charge in [0, 0.05) is 16.1 Å². The Labute approximate surface area is 250 Å². The molecular formula is C33H30Cl2N2O4. The Balaban J connectivity index is 1.65. The van der Waals surface area contributed by atoms with E-state index in [2.05, 4.69) is 0 Å². The number of benzene rings is 4. The minimum absolute atomic E-state index is 0.111. The molecule has 4 aromatic carbocycles. The molecule has 4 aromatic rings. The molecule has 0 fully saturated rings. The van der Waals surface area contributed by atoms with Crippen LogP contribution >= 0.6 is 23.2 Å². The topological polar surface area (TPSA) is 60.4 Å². The van der Waals surface area contributed by atoms with Gasteiger partial charge in [-0.1, -0.05) is 77.8 Å². The SMILES string of the molecule is COc1ccc(C2=NC(c3ccc(Cl)cc3)C(c3ccc(Cl)cc3)N2C(=O)OCc2ccccc2)c(OC(C)C)c1. The van der Waals surface area contributed by atoms with Crippen molar-refractivity contribution in [1.29, 1.82) is 0 Å². The molecule has 0 aromatic heterocycles. The van der Waals surface area contributed by atoms with Gasteiger partial charge in [0.05, 0.1) is 24.8 Å². The molecular weight excluding hydrogens is 559 g/mol. The lowest BCUT2D eigenvalue weighted by atomic mass is 9.94. The minimum atomic E-state index is -0.532. The zero-order chi connectivity index (χ0) is 28.9. The van der Waals surface area contributed by atoms with E-state index >= 15 is 0 Å². The molecule has 0 bridgehead atoms. The monoisotopic (exact) mass is 588 g/mol. The van der Waals surface area contributed by atoms with Crippen molar-refractivity contribution in [3.05, 3.63) is 129 Å². The summed E-state index contributed by atoms with van der Waals surface area (Å²) in [7, 11) is 1.60. The van der Waals surface area contributed by atoms with E-state index in [1.54, 1.807) is 18.1 Å². The summed E-state index contributed by atoms with van der Waals surface area (Å²) in [5.41, 5.74) is 3.27. The molecule has 1 aliphatic heterocycles. The van der Waals surface area contributed by atoms with Gasteiger partial charge in [0.25, 0.3) is 0 Å². The summed E-state index contributed by atoms with van der Waals surface area (Å²) >= 11 is 12.5. The van der Waals surface area contributed by atoms with Crippen molar-refractivity contribution >= 4 is 35.1 Å². The van der Waals surface area contributed by atoms with Crippen LogP contribution in [0.5, 0.6) is 11.5 Å². The van der Waals surface area contributed by atoms with Crippen LogP contribution in [-0.2, 0) is 11.3 Å². The number of carbonyl (C=O) groups is 1. The number of rotatable bonds is 8. The lowest BCUT2D eigenvalue weighted by Gasteiger charge is -2.29. The van der Waals surface area contributed by atoms with Crippen molar-refractivity contribution in [3.8, 4) is 11.5 Å². The van der Waals surface area contributed by atoms with Gasteiger partial charge in [-0.3, -0.25) is 9.89 Å². The van der Waals surface area contributed by atoms with Crippen molar-refractivity contribution < 1.29 is 19.0 Å². The van der Waals surface area contributed by atoms with Crippen molar-refractivity contribution in [2.75, 3.05) is 7.11 Å². The van der Waals surface area contributed by atoms with E-state index in [4.69, 9.17) is 42.4 Å². The van der Waals surface area contributed by atoms with Gasteiger partial charge in [-0.25, -0.2) is 4.79 Å². The zero-order valence-corrected chi connectivity index (χ0v) is 24.5. The number of amides is 1. The number of hydrogen-bond acceptors (Lipinski definition) is 5. The van der Waals surface area contributed by atoms with Crippen molar-refractivity contribution in [1.82, 2.24) is 4.90 Å². The number of halogens is 2. The zero-order valence-electron chi connectivity index (χ0n) is 23.0. The van der Waals surface area contributed by atoms with Crippen LogP contribution in [0.3, 0.4) is 0 Å². The molecule has 0 radical (unpaired) electrons. The van der Waals surface area contributed by atoms with E-state index < -0.39 is 18.2 Å². The van der Waals surface area contributed by atoms with Crippen LogP contribution < -0.4 is 9.47 Å². The second kappa shape index (κ2) is 12.7. The highest BCUT2D eigenvalue weighted by atomic mass is 35.5. The minimum Gasteiger partial charge on any atom is -0.497 e. The largest absolute Gasteiger partial charge is 0.497 e. The van der Waals surface area contributed by atoms with Crippen LogP contribution in [0.4, 0.5) is 4.79 Å². The molecule has 1 aliphatic rings. The highest BCUT2D eigenvalue weighted by Gasteiger charge is 2.44. The predicted molar refractivity (Wildman–Crippen MR) is 162 cm³/mol. The molecule has 1 heterocycles. The maximum Gasteiger partial charge on any atom is 0.416 e. The van der Waals surface area contributed by atoms with Crippen LogP contribution in [0.25, 0.3) is 0 Å². The number of ether oxygens (including phenoxy) is 3. The summed E-state index contributed by atoms with van der Waals surface area (Å²) in [5.74, 6) is 1.61. The summed E-state index contributed by atoms with van der Waals surface area (Å²) in [6, 6.07) is 29.0. The first-order chi connectivity index (χ1) is 19.8. The summed E-state index contributed by atoms with van der Waals surface area (Å²) in [6.45, 7) is 4.00. The van der Waals surface area contributed by atoms with E-state index in [-0.39, 0.29) is 12.7 Å². The molecule has 2 unspecified atom stereocenters. The maximum atomic E-state index is 14.1. The molecule has 0 N–H and O–H groups in total. The van der Waals surface area contributed by atoms with Gasteiger partial charge in [0.1, 0.15) is 30.0 Å². The van der Waals surface area contributed by atoms with Gasteiger partial charge in [-0.05, 0) is 66.9 Å². The Morgan fingerprint density at radius 3 is 2.12 bits per heavy atom. The quantitative estimate of drug-likeness (QED) is 0.206. The Kier molecular flexibility index (Phi) is 8.81. The molecule has 210 valence electrons. The molecule has 41 heavy (non-hydrogen) atoms. The van der Waals surface area contributed by atoms with Crippen molar-refractivity contribution in [2.24, 2.45) is 4.99 Å². The molecule has 6 nitrogen and oxygen atoms in total. The molecule has 0 saturated carbocycles. The Bertz CT molecular complexity index is 1520. The third kappa shape index (κ3) is 6.50. The van der Waals surface area contributed by atoms with E-state index in [9.17, 15) is 4.79 Å². The first-order valence-electron chi connectivity index (χ1n) is 13.3. The van der Waals surface area contributed by atoms with Gasteiger partial charge in [0.2, 0.25) is 0 Å². The number of methoxy groups -OCH3 is 1. The van der Waals surface area contributed by atoms with Crippen molar-refractivity contribution in [3.63, 3.8) is 0 Å². The summed E-state index contributed by atoms with van der Waals surface area (Å²) in [5, 5.41) is 1.21. The number of amidine groups is 1. The number of aliphatic imine (C=N–C) groups is 1.